The summed E-state index contributed by atoms with van der Waals surface area (Å²) in [6.45, 7) is 1.09. The van der Waals surface area contributed by atoms with Crippen LogP contribution in [-0.4, -0.2) is 52.0 Å². The second kappa shape index (κ2) is 9.41. The number of aromatic hydroxyl groups is 1. The first kappa shape index (κ1) is 23.2. The topological polar surface area (TPSA) is 173 Å². The molecule has 0 amide bonds. The number of hydrogen-bond acceptors (Lipinski definition) is 8. The first-order valence-electron chi connectivity index (χ1n) is 8.18. The van der Waals surface area contributed by atoms with Crippen molar-refractivity contribution in [3.63, 3.8) is 0 Å². The maximum absolute atomic E-state index is 11.1. The molecular weight excluding hydrogens is 388 g/mol. The summed E-state index contributed by atoms with van der Waals surface area (Å²) in [5.41, 5.74) is -2.06. The Morgan fingerprint density at radius 3 is 1.79 bits per heavy atom. The average Bonchev–Trinajstić information content (AvgIpc) is 2.59. The zero-order valence-corrected chi connectivity index (χ0v) is 16.0. The standard InChI is InChI=1S/C11H17NO.C6H3N3O7/c1-12(2,3)8-7-10-5-4-6-11(13)9-10;10-6-4(8(13)14)1-3(7(11)12)2-5(6)9(15)16/h4-6,9H,7-8H2,1-3H3;1-2,10H. The second-order valence-electron chi connectivity index (χ2n) is 7.02. The molecule has 0 fully saturated rings. The molecule has 0 unspecified atom stereocenters. The van der Waals surface area contributed by atoms with Crippen LogP contribution in [0.3, 0.4) is 0 Å². The molecule has 0 atom stereocenters. The molecule has 12 nitrogen and oxygen atoms in total. The van der Waals surface area contributed by atoms with E-state index in [9.17, 15) is 40.6 Å². The van der Waals surface area contributed by atoms with E-state index >= 15 is 0 Å². The van der Waals surface area contributed by atoms with Gasteiger partial charge in [0.25, 0.3) is 17.1 Å². The summed E-state index contributed by atoms with van der Waals surface area (Å²) in [5.74, 6) is -1.10. The fourth-order valence-corrected chi connectivity index (χ4v) is 2.14. The van der Waals surface area contributed by atoms with Crippen molar-refractivity contribution in [2.45, 2.75) is 6.42 Å². The molecule has 0 radical (unpaired) electrons. The third-order valence-corrected chi connectivity index (χ3v) is 3.62. The van der Waals surface area contributed by atoms with Crippen LogP contribution in [0.25, 0.3) is 0 Å². The number of quaternary nitrogens is 1. The van der Waals surface area contributed by atoms with Gasteiger partial charge in [0.1, 0.15) is 5.75 Å². The van der Waals surface area contributed by atoms with Crippen molar-refractivity contribution in [3.05, 3.63) is 72.3 Å². The average molecular weight is 408 g/mol. The Kier molecular flexibility index (Phi) is 7.54. The highest BCUT2D eigenvalue weighted by Crippen LogP contribution is 2.36. The number of nitro groups is 3. The number of nitro benzene ring substituents is 3. The highest BCUT2D eigenvalue weighted by molar-refractivity contribution is 5.64. The molecule has 0 saturated carbocycles. The molecule has 0 aliphatic rings. The minimum Gasteiger partial charge on any atom is -0.863 e. The lowest BCUT2D eigenvalue weighted by molar-refractivity contribution is -0.870. The monoisotopic (exact) mass is 408 g/mol. The van der Waals surface area contributed by atoms with E-state index in [1.807, 2.05) is 12.1 Å². The van der Waals surface area contributed by atoms with Gasteiger partial charge in [-0.1, -0.05) is 12.1 Å². The van der Waals surface area contributed by atoms with Crippen molar-refractivity contribution in [1.82, 2.24) is 0 Å². The van der Waals surface area contributed by atoms with E-state index in [1.165, 1.54) is 5.56 Å². The third-order valence-electron chi connectivity index (χ3n) is 3.62. The quantitative estimate of drug-likeness (QED) is 0.430. The van der Waals surface area contributed by atoms with Crippen LogP contribution >= 0.6 is 0 Å². The molecule has 29 heavy (non-hydrogen) atoms. The van der Waals surface area contributed by atoms with E-state index in [4.69, 9.17) is 0 Å². The molecule has 0 aliphatic heterocycles. The van der Waals surface area contributed by atoms with E-state index in [0.29, 0.717) is 17.9 Å². The maximum Gasteiger partial charge on any atom is 0.283 e. The lowest BCUT2D eigenvalue weighted by Crippen LogP contribution is -2.36. The van der Waals surface area contributed by atoms with Crippen LogP contribution in [0.1, 0.15) is 5.56 Å². The number of non-ortho nitro benzene ring substituents is 1. The largest absolute Gasteiger partial charge is 0.863 e. The third kappa shape index (κ3) is 7.38. The molecule has 0 aromatic heterocycles. The minimum absolute atomic E-state index is 0.360. The van der Waals surface area contributed by atoms with Crippen molar-refractivity contribution >= 4 is 17.1 Å². The van der Waals surface area contributed by atoms with Crippen LogP contribution in [0.2, 0.25) is 0 Å². The summed E-state index contributed by atoms with van der Waals surface area (Å²) >= 11 is 0. The van der Waals surface area contributed by atoms with Crippen LogP contribution in [0.4, 0.5) is 17.1 Å². The summed E-state index contributed by atoms with van der Waals surface area (Å²) in [6.07, 6.45) is 1.01. The highest BCUT2D eigenvalue weighted by Gasteiger charge is 2.24. The number of rotatable bonds is 6. The Morgan fingerprint density at radius 1 is 0.897 bits per heavy atom. The predicted octanol–water partition coefficient (Wildman–Crippen LogP) is 2.13. The Labute approximate surface area is 165 Å². The molecule has 0 aliphatic carbocycles. The van der Waals surface area contributed by atoms with Gasteiger partial charge in [0.2, 0.25) is 0 Å². The van der Waals surface area contributed by atoms with Gasteiger partial charge in [0.15, 0.2) is 0 Å². The van der Waals surface area contributed by atoms with Gasteiger partial charge in [-0.05, 0) is 17.7 Å². The van der Waals surface area contributed by atoms with E-state index < -0.39 is 37.6 Å². The Bertz CT molecular complexity index is 889. The summed E-state index contributed by atoms with van der Waals surface area (Å²) in [7, 11) is 6.51. The fraction of sp³-hybridized carbons (Fsp3) is 0.294. The van der Waals surface area contributed by atoms with Gasteiger partial charge in [-0.25, -0.2) is 0 Å². The zero-order chi connectivity index (χ0) is 22.4. The lowest BCUT2D eigenvalue weighted by atomic mass is 10.1. The van der Waals surface area contributed by atoms with Crippen LogP contribution in [0.5, 0.6) is 11.5 Å². The van der Waals surface area contributed by atoms with E-state index in [-0.39, 0.29) is 0 Å². The summed E-state index contributed by atoms with van der Waals surface area (Å²) in [5, 5.41) is 51.3. The van der Waals surface area contributed by atoms with Gasteiger partial charge in [-0.2, -0.15) is 0 Å². The summed E-state index contributed by atoms with van der Waals surface area (Å²) in [6, 6.07) is 8.24. The number of phenols is 1. The number of phenolic OH excluding ortho intramolecular Hbond substituents is 1. The molecule has 0 spiro atoms. The van der Waals surface area contributed by atoms with Gasteiger partial charge >= 0.3 is 0 Å². The molecule has 2 rings (SSSR count). The Morgan fingerprint density at radius 2 is 1.41 bits per heavy atom. The number of hydrogen-bond donors (Lipinski definition) is 1. The molecule has 12 heteroatoms. The fourth-order valence-electron chi connectivity index (χ4n) is 2.14. The summed E-state index contributed by atoms with van der Waals surface area (Å²) in [4.78, 5) is 27.5. The molecule has 0 heterocycles. The van der Waals surface area contributed by atoms with E-state index in [0.717, 1.165) is 17.4 Å². The molecule has 1 N–H and O–H groups in total. The van der Waals surface area contributed by atoms with Gasteiger partial charge < -0.3 is 14.7 Å². The van der Waals surface area contributed by atoms with Crippen LogP contribution in [0.15, 0.2) is 36.4 Å². The van der Waals surface area contributed by atoms with Crippen LogP contribution < -0.4 is 5.11 Å². The molecular formula is C17H20N4O8. The number of nitrogens with zero attached hydrogens (tertiary/aromatic N) is 4. The van der Waals surface area contributed by atoms with Crippen molar-refractivity contribution in [2.24, 2.45) is 0 Å². The Hall–Kier alpha value is -3.80. The minimum atomic E-state index is -1.46. The first-order chi connectivity index (χ1) is 13.3. The highest BCUT2D eigenvalue weighted by atomic mass is 16.6. The lowest BCUT2D eigenvalue weighted by Gasteiger charge is -2.23. The maximum atomic E-state index is 11.1. The van der Waals surface area contributed by atoms with Crippen molar-refractivity contribution in [3.8, 4) is 11.5 Å². The Balaban J connectivity index is 0.000000296. The number of benzene rings is 2. The van der Waals surface area contributed by atoms with Crippen LogP contribution in [0, 0.1) is 30.3 Å². The predicted molar refractivity (Wildman–Crippen MR) is 101 cm³/mol. The van der Waals surface area contributed by atoms with E-state index in [2.05, 4.69) is 27.2 Å². The van der Waals surface area contributed by atoms with E-state index in [1.54, 1.807) is 6.07 Å². The number of likely N-dealkylation sites (N-methyl/N-ethyl adjacent to an activating group) is 1. The van der Waals surface area contributed by atoms with Gasteiger partial charge in [0.05, 0.1) is 60.3 Å². The van der Waals surface area contributed by atoms with Gasteiger partial charge in [0, 0.05) is 6.42 Å². The van der Waals surface area contributed by atoms with Crippen molar-refractivity contribution in [1.29, 1.82) is 0 Å². The molecule has 2 aromatic carbocycles. The van der Waals surface area contributed by atoms with Gasteiger partial charge in [-0.3, -0.25) is 30.3 Å². The second-order valence-corrected chi connectivity index (χ2v) is 7.02. The normalized spacial score (nSPS) is 10.6. The summed E-state index contributed by atoms with van der Waals surface area (Å²) < 4.78 is 0.954. The molecule has 0 saturated heterocycles. The smallest absolute Gasteiger partial charge is 0.283 e. The first-order valence-corrected chi connectivity index (χ1v) is 8.18. The molecule has 2 aromatic rings. The molecule has 0 bridgehead atoms. The van der Waals surface area contributed by atoms with Gasteiger partial charge in [-0.15, -0.1) is 0 Å². The van der Waals surface area contributed by atoms with Crippen molar-refractivity contribution in [2.75, 3.05) is 27.7 Å². The SMILES string of the molecule is C[N+](C)(C)CCc1cccc(O)c1.O=[N+]([O-])c1cc([N+](=O)[O-])c([O-])c([N+](=O)[O-])c1. The van der Waals surface area contributed by atoms with Crippen LogP contribution in [-0.2, 0) is 6.42 Å². The van der Waals surface area contributed by atoms with Crippen molar-refractivity contribution < 1.29 is 29.5 Å². The zero-order valence-electron chi connectivity index (χ0n) is 16.0. The molecule has 156 valence electrons.